The second-order valence-electron chi connectivity index (χ2n) is 3.87. The Morgan fingerprint density at radius 1 is 1.50 bits per heavy atom. The van der Waals surface area contributed by atoms with Crippen molar-refractivity contribution in [2.24, 2.45) is 5.92 Å². The van der Waals surface area contributed by atoms with Crippen molar-refractivity contribution < 1.29 is 4.79 Å². The highest BCUT2D eigenvalue weighted by molar-refractivity contribution is 8.00. The topological polar surface area (TPSA) is 17.1 Å². The van der Waals surface area contributed by atoms with Crippen LogP contribution in [0, 0.1) is 12.8 Å². The molecule has 2 heteroatoms. The number of hydrogen-bond donors (Lipinski definition) is 0. The number of Topliss-reactive ketones (excluding diaryl/α,β-unsaturated/α-hetero) is 1. The van der Waals surface area contributed by atoms with Crippen LogP contribution in [0.15, 0.2) is 24.3 Å². The maximum Gasteiger partial charge on any atom is 0.146 e. The molecule has 1 atom stereocenters. The summed E-state index contributed by atoms with van der Waals surface area (Å²) in [6.07, 6.45) is 0.924. The van der Waals surface area contributed by atoms with Crippen LogP contribution in [0.25, 0.3) is 0 Å². The fourth-order valence-corrected chi connectivity index (χ4v) is 2.95. The fraction of sp³-hybridized carbons (Fsp3) is 0.417. The highest BCUT2D eigenvalue weighted by Crippen LogP contribution is 2.23. The summed E-state index contributed by atoms with van der Waals surface area (Å²) >= 11 is 1.76. The summed E-state index contributed by atoms with van der Waals surface area (Å²) in [4.78, 5) is 11.4. The molecular weight excluding hydrogens is 192 g/mol. The summed E-state index contributed by atoms with van der Waals surface area (Å²) in [6, 6.07) is 8.45. The third-order valence-electron chi connectivity index (χ3n) is 2.58. The van der Waals surface area contributed by atoms with E-state index in [2.05, 4.69) is 31.2 Å². The molecule has 14 heavy (non-hydrogen) atoms. The van der Waals surface area contributed by atoms with Gasteiger partial charge < -0.3 is 0 Å². The van der Waals surface area contributed by atoms with Crippen molar-refractivity contribution in [3.05, 3.63) is 35.4 Å². The van der Waals surface area contributed by atoms with Crippen LogP contribution in [0.2, 0.25) is 0 Å². The van der Waals surface area contributed by atoms with Crippen molar-refractivity contribution in [2.75, 3.05) is 11.5 Å². The van der Waals surface area contributed by atoms with E-state index in [0.717, 1.165) is 17.9 Å². The van der Waals surface area contributed by atoms with E-state index in [1.807, 2.05) is 0 Å². The normalized spacial score (nSPS) is 21.5. The number of aryl methyl sites for hydroxylation is 1. The summed E-state index contributed by atoms with van der Waals surface area (Å²) in [5.41, 5.74) is 2.58. The molecule has 0 amide bonds. The Kier molecular flexibility index (Phi) is 2.92. The molecule has 0 spiro atoms. The molecule has 0 aliphatic carbocycles. The van der Waals surface area contributed by atoms with Crippen LogP contribution in [0.1, 0.15) is 11.1 Å². The predicted octanol–water partition coefficient (Wildman–Crippen LogP) is 2.47. The Hall–Kier alpha value is -0.760. The predicted molar refractivity (Wildman–Crippen MR) is 60.7 cm³/mol. The van der Waals surface area contributed by atoms with Gasteiger partial charge >= 0.3 is 0 Å². The standard InChI is InChI=1S/C12H14OS/c1-9-3-2-4-10(5-9)6-11-7-14-8-12(11)13/h2-5,11H,6-8H2,1H3. The largest absolute Gasteiger partial charge is 0.298 e. The molecule has 1 aliphatic heterocycles. The van der Waals surface area contributed by atoms with Gasteiger partial charge in [0.2, 0.25) is 0 Å². The Labute approximate surface area is 88.9 Å². The number of ketones is 1. The lowest BCUT2D eigenvalue weighted by Crippen LogP contribution is -2.13. The molecule has 2 rings (SSSR count). The Balaban J connectivity index is 2.07. The molecule has 1 saturated heterocycles. The van der Waals surface area contributed by atoms with Gasteiger partial charge in [-0.1, -0.05) is 29.8 Å². The molecule has 74 valence electrons. The van der Waals surface area contributed by atoms with E-state index >= 15 is 0 Å². The van der Waals surface area contributed by atoms with Gasteiger partial charge in [0.05, 0.1) is 5.75 Å². The van der Waals surface area contributed by atoms with E-state index < -0.39 is 0 Å². The van der Waals surface area contributed by atoms with Crippen molar-refractivity contribution in [3.63, 3.8) is 0 Å². The maximum atomic E-state index is 11.4. The van der Waals surface area contributed by atoms with Crippen LogP contribution < -0.4 is 0 Å². The Bertz CT molecular complexity index is 346. The van der Waals surface area contributed by atoms with Crippen molar-refractivity contribution in [1.82, 2.24) is 0 Å². The third kappa shape index (κ3) is 2.18. The zero-order chi connectivity index (χ0) is 9.97. The van der Waals surface area contributed by atoms with Gasteiger partial charge in [0.1, 0.15) is 5.78 Å². The minimum atomic E-state index is 0.266. The minimum absolute atomic E-state index is 0.266. The van der Waals surface area contributed by atoms with Gasteiger partial charge in [0, 0.05) is 11.7 Å². The summed E-state index contributed by atoms with van der Waals surface area (Å²) in [5.74, 6) is 2.42. The monoisotopic (exact) mass is 206 g/mol. The maximum absolute atomic E-state index is 11.4. The first-order valence-electron chi connectivity index (χ1n) is 4.92. The lowest BCUT2D eigenvalue weighted by Gasteiger charge is -2.07. The van der Waals surface area contributed by atoms with Gasteiger partial charge in [-0.15, -0.1) is 0 Å². The number of thioether (sulfide) groups is 1. The van der Waals surface area contributed by atoms with E-state index in [1.165, 1.54) is 11.1 Å². The first kappa shape index (κ1) is 9.78. The van der Waals surface area contributed by atoms with E-state index in [-0.39, 0.29) is 5.92 Å². The zero-order valence-corrected chi connectivity index (χ0v) is 9.14. The molecule has 0 aromatic heterocycles. The van der Waals surface area contributed by atoms with Crippen molar-refractivity contribution in [2.45, 2.75) is 13.3 Å². The van der Waals surface area contributed by atoms with Crippen molar-refractivity contribution >= 4 is 17.5 Å². The highest BCUT2D eigenvalue weighted by Gasteiger charge is 2.24. The van der Waals surface area contributed by atoms with Gasteiger partial charge in [-0.3, -0.25) is 4.79 Å². The van der Waals surface area contributed by atoms with Crippen molar-refractivity contribution in [1.29, 1.82) is 0 Å². The molecule has 1 unspecified atom stereocenters. The first-order chi connectivity index (χ1) is 6.75. The van der Waals surface area contributed by atoms with Crippen molar-refractivity contribution in [3.8, 4) is 0 Å². The quantitative estimate of drug-likeness (QED) is 0.739. The lowest BCUT2D eigenvalue weighted by molar-refractivity contribution is -0.119. The van der Waals surface area contributed by atoms with E-state index in [1.54, 1.807) is 11.8 Å². The number of carbonyl (C=O) groups is 1. The second kappa shape index (κ2) is 4.18. The van der Waals surface area contributed by atoms with Gasteiger partial charge in [-0.2, -0.15) is 11.8 Å². The smallest absolute Gasteiger partial charge is 0.146 e. The summed E-state index contributed by atoms with van der Waals surface area (Å²) in [7, 11) is 0. The highest BCUT2D eigenvalue weighted by atomic mass is 32.2. The summed E-state index contributed by atoms with van der Waals surface area (Å²) in [5, 5.41) is 0. The SMILES string of the molecule is Cc1cccc(CC2CSCC2=O)c1. The molecule has 0 N–H and O–H groups in total. The molecule has 1 heterocycles. The zero-order valence-electron chi connectivity index (χ0n) is 8.32. The van der Waals surface area contributed by atoms with E-state index in [0.29, 0.717) is 5.78 Å². The Morgan fingerprint density at radius 3 is 3.00 bits per heavy atom. The fourth-order valence-electron chi connectivity index (χ4n) is 1.81. The average Bonchev–Trinajstić information content (AvgIpc) is 2.52. The summed E-state index contributed by atoms with van der Waals surface area (Å²) in [6.45, 7) is 2.09. The van der Waals surface area contributed by atoms with Gasteiger partial charge in [-0.05, 0) is 18.9 Å². The van der Waals surface area contributed by atoms with Crippen LogP contribution in [0.5, 0.6) is 0 Å². The van der Waals surface area contributed by atoms with Crippen LogP contribution in [0.4, 0.5) is 0 Å². The Morgan fingerprint density at radius 2 is 2.36 bits per heavy atom. The minimum Gasteiger partial charge on any atom is -0.298 e. The molecule has 0 bridgehead atoms. The second-order valence-corrected chi connectivity index (χ2v) is 4.90. The van der Waals surface area contributed by atoms with Crippen LogP contribution in [-0.2, 0) is 11.2 Å². The molecule has 1 aliphatic rings. The molecule has 1 aromatic rings. The third-order valence-corrected chi connectivity index (χ3v) is 3.71. The number of rotatable bonds is 2. The molecule has 1 aromatic carbocycles. The number of carbonyl (C=O) groups excluding carboxylic acids is 1. The molecule has 0 saturated carbocycles. The summed E-state index contributed by atoms with van der Waals surface area (Å²) < 4.78 is 0. The van der Waals surface area contributed by atoms with Gasteiger partial charge in [0.25, 0.3) is 0 Å². The molecule has 0 radical (unpaired) electrons. The van der Waals surface area contributed by atoms with E-state index in [4.69, 9.17) is 0 Å². The van der Waals surface area contributed by atoms with Gasteiger partial charge in [0.15, 0.2) is 0 Å². The first-order valence-corrected chi connectivity index (χ1v) is 6.07. The molecule has 1 fully saturated rings. The average molecular weight is 206 g/mol. The van der Waals surface area contributed by atoms with E-state index in [9.17, 15) is 4.79 Å². The number of benzene rings is 1. The molecular formula is C12H14OS. The van der Waals surface area contributed by atoms with Crippen LogP contribution >= 0.6 is 11.8 Å². The van der Waals surface area contributed by atoms with Gasteiger partial charge in [-0.25, -0.2) is 0 Å². The number of hydrogen-bond acceptors (Lipinski definition) is 2. The lowest BCUT2D eigenvalue weighted by atomic mass is 9.97. The van der Waals surface area contributed by atoms with Crippen LogP contribution in [0.3, 0.4) is 0 Å². The molecule has 1 nitrogen and oxygen atoms in total. The van der Waals surface area contributed by atoms with Crippen LogP contribution in [-0.4, -0.2) is 17.3 Å².